The Morgan fingerprint density at radius 3 is 1.30 bits per heavy atom. The molecule has 1 aliphatic heterocycles. The normalized spacial score (nSPS) is 14.3. The highest BCUT2D eigenvalue weighted by molar-refractivity contribution is 5.82. The van der Waals surface area contributed by atoms with Gasteiger partial charge in [0, 0.05) is 18.4 Å². The number of para-hydroxylation sites is 2. The summed E-state index contributed by atoms with van der Waals surface area (Å²) in [6.45, 7) is 0. The van der Waals surface area contributed by atoms with Gasteiger partial charge in [0.2, 0.25) is 0 Å². The van der Waals surface area contributed by atoms with Crippen molar-refractivity contribution in [2.75, 3.05) is 11.9 Å². The number of nitrogens with zero attached hydrogens (tertiary/aromatic N) is 1. The minimum Gasteiger partial charge on any atom is -0.344 e. The maximum Gasteiger partial charge on any atom is 0.0742 e. The third-order valence-electron chi connectivity index (χ3n) is 5.75. The minimum atomic E-state index is -0.331. The molecule has 27 heavy (non-hydrogen) atoms. The molecule has 1 nitrogen and oxygen atoms in total. The number of fused-ring (bicyclic) bond motifs is 2. The quantitative estimate of drug-likeness (QED) is 0.420. The van der Waals surface area contributed by atoms with Crippen molar-refractivity contribution in [1.29, 1.82) is 0 Å². The Hall–Kier alpha value is -3.32. The molecule has 0 fully saturated rings. The smallest absolute Gasteiger partial charge is 0.0742 e. The van der Waals surface area contributed by atoms with Gasteiger partial charge in [-0.15, -0.1) is 0 Å². The van der Waals surface area contributed by atoms with Crippen LogP contribution < -0.4 is 4.90 Å². The minimum absolute atomic E-state index is 0.331. The molecule has 0 atom stereocenters. The Balaban J connectivity index is 1.99. The van der Waals surface area contributed by atoms with Gasteiger partial charge in [-0.25, -0.2) is 0 Å². The van der Waals surface area contributed by atoms with Crippen LogP contribution in [-0.2, 0) is 5.41 Å². The summed E-state index contributed by atoms with van der Waals surface area (Å²) in [5, 5.41) is 0. The van der Waals surface area contributed by atoms with Crippen LogP contribution in [0.5, 0.6) is 0 Å². The predicted octanol–water partition coefficient (Wildman–Crippen LogP) is 6.15. The van der Waals surface area contributed by atoms with Gasteiger partial charge in [-0.1, -0.05) is 97.1 Å². The lowest BCUT2D eigenvalue weighted by molar-refractivity contribution is 0.727. The van der Waals surface area contributed by atoms with Crippen molar-refractivity contribution >= 4 is 11.4 Å². The molecule has 0 bridgehead atoms. The van der Waals surface area contributed by atoms with Gasteiger partial charge < -0.3 is 4.90 Å². The molecule has 0 saturated heterocycles. The summed E-state index contributed by atoms with van der Waals surface area (Å²) in [6.07, 6.45) is 0. The Labute approximate surface area is 160 Å². The third kappa shape index (κ3) is 2.18. The van der Waals surface area contributed by atoms with E-state index in [1.54, 1.807) is 0 Å². The van der Waals surface area contributed by atoms with Crippen molar-refractivity contribution in [1.82, 2.24) is 0 Å². The average Bonchev–Trinajstić information content (AvgIpc) is 2.76. The standard InChI is InChI=1S/C26H21N/c1-27-24-18-10-8-16-22(24)26(20-12-4-2-5-13-20,21-14-6-3-7-15-21)23-17-9-11-19-25(23)27/h2-19H,1H3. The van der Waals surface area contributed by atoms with Crippen LogP contribution in [0.2, 0.25) is 0 Å². The number of anilines is 2. The highest BCUT2D eigenvalue weighted by atomic mass is 15.1. The van der Waals surface area contributed by atoms with E-state index < -0.39 is 0 Å². The van der Waals surface area contributed by atoms with Gasteiger partial charge in [0.05, 0.1) is 5.41 Å². The molecule has 4 aromatic rings. The van der Waals surface area contributed by atoms with E-state index in [0.717, 1.165) is 0 Å². The van der Waals surface area contributed by atoms with Gasteiger partial charge in [-0.2, -0.15) is 0 Å². The summed E-state index contributed by atoms with van der Waals surface area (Å²) in [6, 6.07) is 39.4. The number of benzene rings is 4. The summed E-state index contributed by atoms with van der Waals surface area (Å²) in [5.74, 6) is 0. The highest BCUT2D eigenvalue weighted by Crippen LogP contribution is 2.54. The van der Waals surface area contributed by atoms with Crippen molar-refractivity contribution in [3.8, 4) is 0 Å². The Kier molecular flexibility index (Phi) is 3.61. The SMILES string of the molecule is CN1c2ccccc2C(c2ccccc2)(c2ccccc2)c2ccccc21. The van der Waals surface area contributed by atoms with Crippen LogP contribution >= 0.6 is 0 Å². The number of hydrogen-bond acceptors (Lipinski definition) is 1. The van der Waals surface area contributed by atoms with Crippen LogP contribution in [0.1, 0.15) is 22.3 Å². The highest BCUT2D eigenvalue weighted by Gasteiger charge is 2.44. The molecule has 1 heteroatoms. The first-order valence-electron chi connectivity index (χ1n) is 9.37. The molecule has 0 amide bonds. The van der Waals surface area contributed by atoms with Crippen molar-refractivity contribution in [3.05, 3.63) is 131 Å². The fourth-order valence-corrected chi connectivity index (χ4v) is 4.61. The summed E-state index contributed by atoms with van der Waals surface area (Å²) < 4.78 is 0. The van der Waals surface area contributed by atoms with E-state index in [4.69, 9.17) is 0 Å². The molecule has 1 heterocycles. The Morgan fingerprint density at radius 2 is 0.852 bits per heavy atom. The molecule has 0 N–H and O–H groups in total. The van der Waals surface area contributed by atoms with E-state index in [1.165, 1.54) is 33.6 Å². The van der Waals surface area contributed by atoms with Gasteiger partial charge in [-0.3, -0.25) is 0 Å². The fraction of sp³-hybridized carbons (Fsp3) is 0.0769. The Morgan fingerprint density at radius 1 is 0.481 bits per heavy atom. The molecule has 0 aromatic heterocycles. The van der Waals surface area contributed by atoms with Crippen LogP contribution in [-0.4, -0.2) is 7.05 Å². The summed E-state index contributed by atoms with van der Waals surface area (Å²) in [4.78, 5) is 2.31. The first-order valence-corrected chi connectivity index (χ1v) is 9.37. The second-order valence-electron chi connectivity index (χ2n) is 7.08. The second kappa shape index (κ2) is 6.14. The molecule has 0 unspecified atom stereocenters. The lowest BCUT2D eigenvalue weighted by Crippen LogP contribution is -2.37. The second-order valence-corrected chi connectivity index (χ2v) is 7.08. The van der Waals surface area contributed by atoms with Crippen LogP contribution in [0.15, 0.2) is 109 Å². The Bertz CT molecular complexity index is 994. The van der Waals surface area contributed by atoms with E-state index >= 15 is 0 Å². The lowest BCUT2D eigenvalue weighted by Gasteiger charge is -2.45. The zero-order chi connectivity index (χ0) is 18.3. The van der Waals surface area contributed by atoms with Gasteiger partial charge >= 0.3 is 0 Å². The van der Waals surface area contributed by atoms with Gasteiger partial charge in [0.15, 0.2) is 0 Å². The van der Waals surface area contributed by atoms with Crippen LogP contribution in [0.4, 0.5) is 11.4 Å². The van der Waals surface area contributed by atoms with E-state index in [9.17, 15) is 0 Å². The summed E-state index contributed by atoms with van der Waals surface area (Å²) in [5.41, 5.74) is 7.41. The lowest BCUT2D eigenvalue weighted by atomic mass is 9.62. The predicted molar refractivity (Wildman–Crippen MR) is 113 cm³/mol. The van der Waals surface area contributed by atoms with E-state index in [1.807, 2.05) is 0 Å². The van der Waals surface area contributed by atoms with Crippen LogP contribution in [0, 0.1) is 0 Å². The molecule has 0 aliphatic carbocycles. The maximum absolute atomic E-state index is 2.31. The van der Waals surface area contributed by atoms with Gasteiger partial charge in [0.1, 0.15) is 0 Å². The zero-order valence-corrected chi connectivity index (χ0v) is 15.3. The van der Waals surface area contributed by atoms with Crippen molar-refractivity contribution < 1.29 is 0 Å². The average molecular weight is 347 g/mol. The first-order chi connectivity index (χ1) is 13.3. The van der Waals surface area contributed by atoms with Crippen LogP contribution in [0.25, 0.3) is 0 Å². The summed E-state index contributed by atoms with van der Waals surface area (Å²) >= 11 is 0. The van der Waals surface area contributed by atoms with Gasteiger partial charge in [0.25, 0.3) is 0 Å². The van der Waals surface area contributed by atoms with E-state index in [2.05, 4.69) is 121 Å². The molecule has 0 radical (unpaired) electrons. The third-order valence-corrected chi connectivity index (χ3v) is 5.75. The van der Waals surface area contributed by atoms with Gasteiger partial charge in [-0.05, 0) is 34.4 Å². The molecule has 4 aromatic carbocycles. The van der Waals surface area contributed by atoms with E-state index in [-0.39, 0.29) is 5.41 Å². The molecular weight excluding hydrogens is 326 g/mol. The first kappa shape index (κ1) is 15.9. The zero-order valence-electron chi connectivity index (χ0n) is 15.3. The summed E-state index contributed by atoms with van der Waals surface area (Å²) in [7, 11) is 2.16. The number of hydrogen-bond donors (Lipinski definition) is 0. The molecule has 130 valence electrons. The van der Waals surface area contributed by atoms with Crippen molar-refractivity contribution in [2.45, 2.75) is 5.41 Å². The van der Waals surface area contributed by atoms with E-state index in [0.29, 0.717) is 0 Å². The van der Waals surface area contributed by atoms with Crippen molar-refractivity contribution in [3.63, 3.8) is 0 Å². The molecule has 1 aliphatic rings. The largest absolute Gasteiger partial charge is 0.344 e. The fourth-order valence-electron chi connectivity index (χ4n) is 4.61. The van der Waals surface area contributed by atoms with Crippen molar-refractivity contribution in [2.24, 2.45) is 0 Å². The monoisotopic (exact) mass is 347 g/mol. The van der Waals surface area contributed by atoms with Crippen LogP contribution in [0.3, 0.4) is 0 Å². The maximum atomic E-state index is 2.31. The molecule has 5 rings (SSSR count). The number of rotatable bonds is 2. The molecule has 0 saturated carbocycles. The molecule has 0 spiro atoms. The topological polar surface area (TPSA) is 3.24 Å². The molecular formula is C26H21N.